The maximum Gasteiger partial charge on any atom is 0.418 e. The van der Waals surface area contributed by atoms with Crippen LogP contribution in [0, 0.1) is 5.92 Å². The molecule has 1 aromatic rings. The third-order valence-corrected chi connectivity index (χ3v) is 3.54. The van der Waals surface area contributed by atoms with Crippen molar-refractivity contribution in [1.82, 2.24) is 0 Å². The average molecular weight is 334 g/mol. The SMILES string of the molecule is C=CC1CC(=O)N(c2cc(Br)ccc2C(F)(F)F)C1. The number of carbonyl (C=O) groups is 1. The van der Waals surface area contributed by atoms with Gasteiger partial charge in [0.25, 0.3) is 0 Å². The van der Waals surface area contributed by atoms with Crippen molar-refractivity contribution >= 4 is 27.5 Å². The van der Waals surface area contributed by atoms with Crippen molar-refractivity contribution in [3.05, 3.63) is 40.9 Å². The van der Waals surface area contributed by atoms with E-state index in [9.17, 15) is 18.0 Å². The van der Waals surface area contributed by atoms with Gasteiger partial charge in [0, 0.05) is 23.4 Å². The molecule has 0 radical (unpaired) electrons. The van der Waals surface area contributed by atoms with Gasteiger partial charge in [-0.05, 0) is 18.2 Å². The van der Waals surface area contributed by atoms with Gasteiger partial charge in [-0.15, -0.1) is 6.58 Å². The molecule has 1 aliphatic rings. The first-order chi connectivity index (χ1) is 8.82. The fourth-order valence-electron chi connectivity index (χ4n) is 2.09. The largest absolute Gasteiger partial charge is 0.418 e. The molecule has 0 N–H and O–H groups in total. The van der Waals surface area contributed by atoms with Crippen LogP contribution < -0.4 is 4.90 Å². The van der Waals surface area contributed by atoms with Crippen LogP contribution in [0.25, 0.3) is 0 Å². The van der Waals surface area contributed by atoms with Gasteiger partial charge in [0.2, 0.25) is 5.91 Å². The summed E-state index contributed by atoms with van der Waals surface area (Å²) >= 11 is 3.14. The van der Waals surface area contributed by atoms with Crippen LogP contribution in [-0.2, 0) is 11.0 Å². The van der Waals surface area contributed by atoms with Crippen molar-refractivity contribution in [2.75, 3.05) is 11.4 Å². The topological polar surface area (TPSA) is 20.3 Å². The summed E-state index contributed by atoms with van der Waals surface area (Å²) < 4.78 is 39.4. The molecule has 6 heteroatoms. The maximum absolute atomic E-state index is 13.0. The number of nitrogens with zero attached hydrogens (tertiary/aromatic N) is 1. The predicted molar refractivity (Wildman–Crippen MR) is 69.8 cm³/mol. The standard InChI is InChI=1S/C13H11BrF3NO/c1-2-8-5-12(19)18(7-8)11-6-9(14)3-4-10(11)13(15,16)17/h2-4,6,8H,1,5,7H2. The molecular weight excluding hydrogens is 323 g/mol. The second-order valence-electron chi connectivity index (χ2n) is 4.36. The van der Waals surface area contributed by atoms with Gasteiger partial charge in [-0.25, -0.2) is 0 Å². The van der Waals surface area contributed by atoms with E-state index in [1.54, 1.807) is 6.08 Å². The molecule has 1 aliphatic heterocycles. The number of rotatable bonds is 2. The van der Waals surface area contributed by atoms with Gasteiger partial charge >= 0.3 is 6.18 Å². The lowest BCUT2D eigenvalue weighted by Gasteiger charge is -2.21. The molecule has 102 valence electrons. The molecule has 1 amide bonds. The van der Waals surface area contributed by atoms with Crippen LogP contribution in [0.3, 0.4) is 0 Å². The first-order valence-electron chi connectivity index (χ1n) is 5.62. The molecule has 2 nitrogen and oxygen atoms in total. The lowest BCUT2D eigenvalue weighted by atomic mass is 10.1. The summed E-state index contributed by atoms with van der Waals surface area (Å²) in [5, 5.41) is 0. The van der Waals surface area contributed by atoms with Gasteiger partial charge in [-0.1, -0.05) is 22.0 Å². The Hall–Kier alpha value is -1.30. The van der Waals surface area contributed by atoms with Crippen molar-refractivity contribution < 1.29 is 18.0 Å². The summed E-state index contributed by atoms with van der Waals surface area (Å²) in [5.74, 6) is -0.416. The summed E-state index contributed by atoms with van der Waals surface area (Å²) in [7, 11) is 0. The minimum Gasteiger partial charge on any atom is -0.311 e. The molecular formula is C13H11BrF3NO. The van der Waals surface area contributed by atoms with Crippen molar-refractivity contribution in [1.29, 1.82) is 0 Å². The minimum absolute atomic E-state index is 0.101. The molecule has 1 aromatic carbocycles. The van der Waals surface area contributed by atoms with Gasteiger partial charge < -0.3 is 4.90 Å². The molecule has 1 atom stereocenters. The Morgan fingerprint density at radius 3 is 2.63 bits per heavy atom. The molecule has 0 aromatic heterocycles. The molecule has 0 saturated carbocycles. The maximum atomic E-state index is 13.0. The Kier molecular flexibility index (Phi) is 3.71. The molecule has 1 heterocycles. The van der Waals surface area contributed by atoms with E-state index in [1.165, 1.54) is 17.0 Å². The fourth-order valence-corrected chi connectivity index (χ4v) is 2.44. The van der Waals surface area contributed by atoms with Gasteiger partial charge in [-0.3, -0.25) is 4.79 Å². The summed E-state index contributed by atoms with van der Waals surface area (Å²) in [6.45, 7) is 3.82. The molecule has 0 aliphatic carbocycles. The number of alkyl halides is 3. The fraction of sp³-hybridized carbons (Fsp3) is 0.308. The highest BCUT2D eigenvalue weighted by Crippen LogP contribution is 2.40. The van der Waals surface area contributed by atoms with E-state index < -0.39 is 11.7 Å². The Labute approximate surface area is 117 Å². The average Bonchev–Trinajstić information content (AvgIpc) is 2.68. The first kappa shape index (κ1) is 14.1. The molecule has 2 rings (SSSR count). The quantitative estimate of drug-likeness (QED) is 0.749. The van der Waals surface area contributed by atoms with Crippen LogP contribution >= 0.6 is 15.9 Å². The van der Waals surface area contributed by atoms with E-state index in [4.69, 9.17) is 0 Å². The second-order valence-corrected chi connectivity index (χ2v) is 5.28. The zero-order valence-electron chi connectivity index (χ0n) is 9.88. The highest BCUT2D eigenvalue weighted by Gasteiger charge is 2.38. The Morgan fingerprint density at radius 2 is 2.11 bits per heavy atom. The normalized spacial score (nSPS) is 19.9. The molecule has 1 fully saturated rings. The second kappa shape index (κ2) is 5.00. The van der Waals surface area contributed by atoms with Gasteiger partial charge in [-0.2, -0.15) is 13.2 Å². The van der Waals surface area contributed by atoms with E-state index in [-0.39, 0.29) is 30.5 Å². The number of halogens is 4. The van der Waals surface area contributed by atoms with Crippen LogP contribution in [0.1, 0.15) is 12.0 Å². The zero-order chi connectivity index (χ0) is 14.2. The summed E-state index contributed by atoms with van der Waals surface area (Å²) in [5.41, 5.74) is -0.898. The van der Waals surface area contributed by atoms with Crippen LogP contribution in [-0.4, -0.2) is 12.5 Å². The molecule has 19 heavy (non-hydrogen) atoms. The summed E-state index contributed by atoms with van der Waals surface area (Å²) in [6, 6.07) is 3.62. The molecule has 0 spiro atoms. The summed E-state index contributed by atoms with van der Waals surface area (Å²) in [4.78, 5) is 13.0. The Morgan fingerprint density at radius 1 is 1.42 bits per heavy atom. The number of benzene rings is 1. The predicted octanol–water partition coefficient (Wildman–Crippen LogP) is 4.01. The third kappa shape index (κ3) is 2.83. The van der Waals surface area contributed by atoms with Crippen molar-refractivity contribution in [2.24, 2.45) is 5.92 Å². The van der Waals surface area contributed by atoms with Crippen molar-refractivity contribution in [2.45, 2.75) is 12.6 Å². The Balaban J connectivity index is 2.47. The van der Waals surface area contributed by atoms with Crippen molar-refractivity contribution in [3.8, 4) is 0 Å². The van der Waals surface area contributed by atoms with Gasteiger partial charge in [0.1, 0.15) is 0 Å². The number of amides is 1. The van der Waals surface area contributed by atoms with Crippen molar-refractivity contribution in [3.63, 3.8) is 0 Å². The van der Waals surface area contributed by atoms with E-state index in [2.05, 4.69) is 22.5 Å². The van der Waals surface area contributed by atoms with E-state index in [0.29, 0.717) is 4.47 Å². The molecule has 1 unspecified atom stereocenters. The van der Waals surface area contributed by atoms with Crippen LogP contribution in [0.15, 0.2) is 35.3 Å². The van der Waals surface area contributed by atoms with E-state index in [0.717, 1.165) is 6.07 Å². The van der Waals surface area contributed by atoms with Gasteiger partial charge in [0.05, 0.1) is 11.3 Å². The first-order valence-corrected chi connectivity index (χ1v) is 6.42. The van der Waals surface area contributed by atoms with E-state index >= 15 is 0 Å². The van der Waals surface area contributed by atoms with Gasteiger partial charge in [0.15, 0.2) is 0 Å². The number of hydrogen-bond acceptors (Lipinski definition) is 1. The minimum atomic E-state index is -4.48. The lowest BCUT2D eigenvalue weighted by Crippen LogP contribution is -2.27. The van der Waals surface area contributed by atoms with Crippen LogP contribution in [0.2, 0.25) is 0 Å². The summed E-state index contributed by atoms with van der Waals surface area (Å²) in [6.07, 6.45) is -2.68. The monoisotopic (exact) mass is 333 g/mol. The number of hydrogen-bond donors (Lipinski definition) is 0. The smallest absolute Gasteiger partial charge is 0.311 e. The molecule has 1 saturated heterocycles. The van der Waals surface area contributed by atoms with E-state index in [1.807, 2.05) is 0 Å². The lowest BCUT2D eigenvalue weighted by molar-refractivity contribution is -0.137. The zero-order valence-corrected chi connectivity index (χ0v) is 11.5. The van der Waals surface area contributed by atoms with Crippen LogP contribution in [0.5, 0.6) is 0 Å². The number of anilines is 1. The highest BCUT2D eigenvalue weighted by molar-refractivity contribution is 9.10. The molecule has 0 bridgehead atoms. The third-order valence-electron chi connectivity index (χ3n) is 3.04. The highest BCUT2D eigenvalue weighted by atomic mass is 79.9. The number of carbonyl (C=O) groups excluding carboxylic acids is 1. The van der Waals surface area contributed by atoms with Crippen LogP contribution in [0.4, 0.5) is 18.9 Å². The Bertz CT molecular complexity index is 527.